The number of fused-ring (bicyclic) bond motifs is 1. The SMILES string of the molecule is COc1ccc(CN2CC[C@@H](c3ccc4c(c3)OCO4)[C@H](O)C2)c(F)c1. The van der Waals surface area contributed by atoms with E-state index in [0.29, 0.717) is 24.4 Å². The lowest BCUT2D eigenvalue weighted by Gasteiger charge is -2.36. The van der Waals surface area contributed by atoms with E-state index in [-0.39, 0.29) is 18.5 Å². The zero-order valence-electron chi connectivity index (χ0n) is 14.7. The second-order valence-corrected chi connectivity index (χ2v) is 6.77. The normalized spacial score (nSPS) is 22.4. The third-order valence-electron chi connectivity index (χ3n) is 5.15. The Morgan fingerprint density at radius 1 is 1.19 bits per heavy atom. The second-order valence-electron chi connectivity index (χ2n) is 6.77. The fraction of sp³-hybridized carbons (Fsp3) is 0.400. The van der Waals surface area contributed by atoms with Gasteiger partial charge in [0, 0.05) is 30.6 Å². The van der Waals surface area contributed by atoms with Gasteiger partial charge in [-0.2, -0.15) is 0 Å². The predicted octanol–water partition coefficient (Wildman–Crippen LogP) is 2.91. The molecule has 2 aliphatic heterocycles. The maximum atomic E-state index is 14.2. The molecular formula is C20H22FNO4. The number of aliphatic hydroxyl groups is 1. The number of benzene rings is 2. The summed E-state index contributed by atoms with van der Waals surface area (Å²) >= 11 is 0. The van der Waals surface area contributed by atoms with Crippen LogP contribution < -0.4 is 14.2 Å². The Morgan fingerprint density at radius 3 is 2.81 bits per heavy atom. The molecule has 2 aromatic rings. The summed E-state index contributed by atoms with van der Waals surface area (Å²) in [6.45, 7) is 2.01. The van der Waals surface area contributed by atoms with E-state index in [4.69, 9.17) is 14.2 Å². The summed E-state index contributed by atoms with van der Waals surface area (Å²) in [6.07, 6.45) is 0.295. The highest BCUT2D eigenvalue weighted by molar-refractivity contribution is 5.45. The molecule has 2 aliphatic rings. The van der Waals surface area contributed by atoms with E-state index in [0.717, 1.165) is 30.0 Å². The number of rotatable bonds is 4. The van der Waals surface area contributed by atoms with Crippen LogP contribution in [0.3, 0.4) is 0 Å². The van der Waals surface area contributed by atoms with Crippen molar-refractivity contribution in [3.63, 3.8) is 0 Å². The van der Waals surface area contributed by atoms with E-state index in [1.54, 1.807) is 12.1 Å². The van der Waals surface area contributed by atoms with Gasteiger partial charge in [0.15, 0.2) is 11.5 Å². The summed E-state index contributed by atoms with van der Waals surface area (Å²) in [4.78, 5) is 2.08. The topological polar surface area (TPSA) is 51.2 Å². The molecule has 138 valence electrons. The van der Waals surface area contributed by atoms with Gasteiger partial charge in [-0.05, 0) is 36.7 Å². The molecule has 1 saturated heterocycles. The first kappa shape index (κ1) is 17.1. The molecule has 2 atom stereocenters. The van der Waals surface area contributed by atoms with Gasteiger partial charge < -0.3 is 19.3 Å². The first-order valence-electron chi connectivity index (χ1n) is 8.76. The Bertz CT molecular complexity index is 797. The third-order valence-corrected chi connectivity index (χ3v) is 5.15. The molecule has 2 heterocycles. The van der Waals surface area contributed by atoms with Crippen molar-refractivity contribution in [2.45, 2.75) is 25.0 Å². The molecule has 6 heteroatoms. The van der Waals surface area contributed by atoms with Crippen LogP contribution in [0.15, 0.2) is 36.4 Å². The van der Waals surface area contributed by atoms with Gasteiger partial charge >= 0.3 is 0 Å². The molecule has 0 saturated carbocycles. The van der Waals surface area contributed by atoms with Crippen molar-refractivity contribution in [2.75, 3.05) is 27.0 Å². The van der Waals surface area contributed by atoms with E-state index in [2.05, 4.69) is 4.90 Å². The van der Waals surface area contributed by atoms with Crippen molar-refractivity contribution in [1.82, 2.24) is 4.90 Å². The second kappa shape index (κ2) is 7.13. The zero-order chi connectivity index (χ0) is 18.1. The van der Waals surface area contributed by atoms with E-state index in [1.807, 2.05) is 18.2 Å². The van der Waals surface area contributed by atoms with Gasteiger partial charge in [-0.1, -0.05) is 12.1 Å². The number of likely N-dealkylation sites (tertiary alicyclic amines) is 1. The van der Waals surface area contributed by atoms with Crippen molar-refractivity contribution in [1.29, 1.82) is 0 Å². The largest absolute Gasteiger partial charge is 0.497 e. The average molecular weight is 359 g/mol. The molecule has 0 aromatic heterocycles. The molecule has 0 spiro atoms. The molecule has 0 bridgehead atoms. The van der Waals surface area contributed by atoms with Crippen LogP contribution in [-0.4, -0.2) is 43.1 Å². The summed E-state index contributed by atoms with van der Waals surface area (Å²) in [6, 6.07) is 10.7. The number of halogens is 1. The van der Waals surface area contributed by atoms with Crippen molar-refractivity contribution in [3.05, 3.63) is 53.3 Å². The van der Waals surface area contributed by atoms with Gasteiger partial charge in [0.25, 0.3) is 0 Å². The van der Waals surface area contributed by atoms with Crippen molar-refractivity contribution < 1.29 is 23.7 Å². The number of nitrogens with zero attached hydrogens (tertiary/aromatic N) is 1. The van der Waals surface area contributed by atoms with Crippen molar-refractivity contribution >= 4 is 0 Å². The Balaban J connectivity index is 1.42. The van der Waals surface area contributed by atoms with Gasteiger partial charge in [0.2, 0.25) is 6.79 Å². The summed E-state index contributed by atoms with van der Waals surface area (Å²) in [5.74, 6) is 1.75. The highest BCUT2D eigenvalue weighted by Crippen LogP contribution is 2.37. The van der Waals surface area contributed by atoms with Gasteiger partial charge in [-0.15, -0.1) is 0 Å². The monoisotopic (exact) mass is 359 g/mol. The van der Waals surface area contributed by atoms with E-state index in [9.17, 15) is 9.50 Å². The molecule has 0 radical (unpaired) electrons. The Labute approximate surface area is 151 Å². The minimum absolute atomic E-state index is 0.0430. The van der Waals surface area contributed by atoms with Crippen molar-refractivity contribution in [3.8, 4) is 17.2 Å². The molecule has 0 aliphatic carbocycles. The summed E-state index contributed by atoms with van der Waals surface area (Å²) in [5.41, 5.74) is 1.66. The standard InChI is InChI=1S/C20H22FNO4/c1-24-15-4-2-14(17(21)9-15)10-22-7-6-16(18(23)11-22)13-3-5-19-20(8-13)26-12-25-19/h2-5,8-9,16,18,23H,6-7,10-12H2,1H3/t16-,18+/m0/s1. The number of piperidine rings is 1. The molecule has 0 amide bonds. The lowest BCUT2D eigenvalue weighted by Crippen LogP contribution is -2.42. The van der Waals surface area contributed by atoms with Crippen LogP contribution in [0.2, 0.25) is 0 Å². The first-order valence-corrected chi connectivity index (χ1v) is 8.76. The average Bonchev–Trinajstić information content (AvgIpc) is 3.11. The number of aliphatic hydroxyl groups excluding tert-OH is 1. The Morgan fingerprint density at radius 2 is 2.04 bits per heavy atom. The fourth-order valence-electron chi connectivity index (χ4n) is 3.70. The molecular weight excluding hydrogens is 337 g/mol. The van der Waals surface area contributed by atoms with Crippen LogP contribution in [0.5, 0.6) is 17.2 Å². The third kappa shape index (κ3) is 3.34. The predicted molar refractivity (Wildman–Crippen MR) is 94.2 cm³/mol. The highest BCUT2D eigenvalue weighted by atomic mass is 19.1. The van der Waals surface area contributed by atoms with E-state index < -0.39 is 6.10 Å². The van der Waals surface area contributed by atoms with Gasteiger partial charge in [0.1, 0.15) is 11.6 Å². The van der Waals surface area contributed by atoms with Crippen LogP contribution >= 0.6 is 0 Å². The number of β-amino-alcohol motifs (C(OH)–C–C–N with tert-alkyl or cyclic N) is 1. The first-order chi connectivity index (χ1) is 12.6. The smallest absolute Gasteiger partial charge is 0.231 e. The molecule has 1 N–H and O–H groups in total. The number of hydrogen-bond donors (Lipinski definition) is 1. The Hall–Kier alpha value is -2.31. The highest BCUT2D eigenvalue weighted by Gasteiger charge is 2.30. The molecule has 5 nitrogen and oxygen atoms in total. The van der Waals surface area contributed by atoms with Crippen LogP contribution in [0.1, 0.15) is 23.5 Å². The number of hydrogen-bond acceptors (Lipinski definition) is 5. The summed E-state index contributed by atoms with van der Waals surface area (Å²) in [7, 11) is 1.52. The van der Waals surface area contributed by atoms with Gasteiger partial charge in [-0.3, -0.25) is 4.90 Å². The fourth-order valence-corrected chi connectivity index (χ4v) is 3.70. The van der Waals surface area contributed by atoms with Crippen LogP contribution in [0.25, 0.3) is 0 Å². The quantitative estimate of drug-likeness (QED) is 0.910. The minimum atomic E-state index is -0.509. The molecule has 0 unspecified atom stereocenters. The lowest BCUT2D eigenvalue weighted by atomic mass is 9.86. The van der Waals surface area contributed by atoms with Gasteiger partial charge in [-0.25, -0.2) is 4.39 Å². The maximum absolute atomic E-state index is 14.2. The zero-order valence-corrected chi connectivity index (χ0v) is 14.7. The lowest BCUT2D eigenvalue weighted by molar-refractivity contribution is 0.0471. The molecule has 4 rings (SSSR count). The van der Waals surface area contributed by atoms with Crippen LogP contribution in [0.4, 0.5) is 4.39 Å². The number of methoxy groups -OCH3 is 1. The molecule has 26 heavy (non-hydrogen) atoms. The maximum Gasteiger partial charge on any atom is 0.231 e. The molecule has 1 fully saturated rings. The van der Waals surface area contributed by atoms with Gasteiger partial charge in [0.05, 0.1) is 13.2 Å². The Kier molecular flexibility index (Phi) is 4.70. The van der Waals surface area contributed by atoms with Crippen LogP contribution in [0, 0.1) is 5.82 Å². The summed E-state index contributed by atoms with van der Waals surface area (Å²) in [5, 5.41) is 10.6. The van der Waals surface area contributed by atoms with E-state index in [1.165, 1.54) is 13.2 Å². The van der Waals surface area contributed by atoms with Crippen molar-refractivity contribution in [2.24, 2.45) is 0 Å². The summed E-state index contributed by atoms with van der Waals surface area (Å²) < 4.78 is 30.0. The molecule has 2 aromatic carbocycles. The number of ether oxygens (including phenoxy) is 3. The van der Waals surface area contributed by atoms with Crippen LogP contribution in [-0.2, 0) is 6.54 Å². The minimum Gasteiger partial charge on any atom is -0.497 e. The van der Waals surface area contributed by atoms with E-state index >= 15 is 0 Å².